The smallest absolute Gasteiger partial charge is 0.352 e. The fourth-order valence-electron chi connectivity index (χ4n) is 6.73. The summed E-state index contributed by atoms with van der Waals surface area (Å²) in [6.07, 6.45) is 8.48. The predicted octanol–water partition coefficient (Wildman–Crippen LogP) is 6.64. The average Bonchev–Trinajstić information content (AvgIpc) is 3.51. The van der Waals surface area contributed by atoms with Gasteiger partial charge in [0.05, 0.1) is 6.42 Å². The molecule has 0 unspecified atom stereocenters. The molecular formula is C35H44N2O6S2. The van der Waals surface area contributed by atoms with E-state index in [1.807, 2.05) is 29.6 Å². The molecule has 1 fully saturated rings. The fraction of sp³-hybridized carbons (Fsp3) is 0.514. The topological polar surface area (TPSA) is 116 Å². The van der Waals surface area contributed by atoms with Crippen molar-refractivity contribution in [2.24, 2.45) is 11.8 Å². The van der Waals surface area contributed by atoms with E-state index in [1.54, 1.807) is 0 Å². The number of ether oxygens (including phenoxy) is 1. The number of phenols is 1. The number of aryl methyl sites for hydroxylation is 1. The normalized spacial score (nSPS) is 23.0. The van der Waals surface area contributed by atoms with E-state index >= 15 is 0 Å². The van der Waals surface area contributed by atoms with Crippen molar-refractivity contribution in [3.05, 3.63) is 68.6 Å². The van der Waals surface area contributed by atoms with E-state index in [9.17, 15) is 24.6 Å². The Balaban J connectivity index is 1.39. The lowest BCUT2D eigenvalue weighted by molar-refractivity contribution is -0.150. The number of fused-ring (bicyclic) bond motifs is 1. The van der Waals surface area contributed by atoms with Crippen molar-refractivity contribution in [2.45, 2.75) is 90.0 Å². The van der Waals surface area contributed by atoms with Gasteiger partial charge in [-0.1, -0.05) is 51.3 Å². The zero-order chi connectivity index (χ0) is 32.2. The number of carboxylic acid groups (broad SMARTS) is 1. The molecule has 1 aliphatic carbocycles. The van der Waals surface area contributed by atoms with Crippen LogP contribution in [-0.4, -0.2) is 56.7 Å². The predicted molar refractivity (Wildman–Crippen MR) is 179 cm³/mol. The third kappa shape index (κ3) is 7.27. The molecule has 1 aromatic heterocycles. The van der Waals surface area contributed by atoms with Gasteiger partial charge >= 0.3 is 5.97 Å². The van der Waals surface area contributed by atoms with Gasteiger partial charge in [-0.15, -0.1) is 23.1 Å². The van der Waals surface area contributed by atoms with Gasteiger partial charge in [0.1, 0.15) is 35.2 Å². The van der Waals surface area contributed by atoms with Crippen LogP contribution in [0.15, 0.2) is 52.6 Å². The number of hydrogen-bond donors (Lipinski definition) is 3. The monoisotopic (exact) mass is 652 g/mol. The maximum Gasteiger partial charge on any atom is 0.352 e. The number of allylic oxidation sites excluding steroid dienone is 2. The van der Waals surface area contributed by atoms with Crippen LogP contribution in [-0.2, 0) is 27.2 Å². The lowest BCUT2D eigenvalue weighted by Gasteiger charge is -2.49. The number of carboxylic acids is 1. The maximum atomic E-state index is 13.2. The van der Waals surface area contributed by atoms with Crippen LogP contribution in [0.2, 0.25) is 0 Å². The number of hydrogen-bond acceptors (Lipinski definition) is 7. The van der Waals surface area contributed by atoms with Crippen LogP contribution in [0, 0.1) is 11.8 Å². The summed E-state index contributed by atoms with van der Waals surface area (Å²) in [7, 11) is 0. The van der Waals surface area contributed by atoms with Crippen LogP contribution in [0.25, 0.3) is 0 Å². The minimum atomic E-state index is -1.20. The highest BCUT2D eigenvalue weighted by atomic mass is 32.2. The molecule has 2 amide bonds. The third-order valence-corrected chi connectivity index (χ3v) is 11.3. The summed E-state index contributed by atoms with van der Waals surface area (Å²) in [5, 5.41) is 25.9. The fourth-order valence-corrected chi connectivity index (χ4v) is 8.76. The van der Waals surface area contributed by atoms with Crippen molar-refractivity contribution in [2.75, 3.05) is 12.4 Å². The van der Waals surface area contributed by atoms with Gasteiger partial charge in [-0.05, 0) is 73.6 Å². The second kappa shape index (κ2) is 14.5. The van der Waals surface area contributed by atoms with Crippen LogP contribution in [0.3, 0.4) is 0 Å². The maximum absolute atomic E-state index is 13.2. The molecule has 3 aliphatic rings. The first-order chi connectivity index (χ1) is 21.6. The summed E-state index contributed by atoms with van der Waals surface area (Å²) < 4.78 is 6.46. The number of rotatable bonds is 13. The number of thioether (sulfide) groups is 1. The molecule has 2 aliphatic heterocycles. The zero-order valence-electron chi connectivity index (χ0n) is 26.5. The standard InChI is InChI=1S/C35H44N2O6S2/c1-5-6-7-9-22-15-27(38)30(26-14-21(4)11-12-25(26)20(2)3)28(16-22)43-18-23-19-45-34-31(33(40)37(34)32(23)35(41)42)36-29(39)17-24-10-8-13-44-24/h8,10,13-16,20,25-26,31,34,38H,5-7,9,11-12,17-19H2,1-4H3,(H,36,39)(H,41,42)/t25-,26+,31+,34+/m0/s1. The molecule has 1 aromatic carbocycles. The molecule has 242 valence electrons. The highest BCUT2D eigenvalue weighted by Gasteiger charge is 2.54. The van der Waals surface area contributed by atoms with E-state index in [-0.39, 0.29) is 36.3 Å². The minimum absolute atomic E-state index is 0.0207. The number of nitrogens with one attached hydrogen (secondary N) is 1. The zero-order valence-corrected chi connectivity index (χ0v) is 28.1. The Kier molecular flexibility index (Phi) is 10.6. The van der Waals surface area contributed by atoms with E-state index in [1.165, 1.54) is 33.6 Å². The number of phenolic OH excluding ortho intramolecular Hbond substituents is 1. The van der Waals surface area contributed by atoms with Crippen molar-refractivity contribution in [1.29, 1.82) is 0 Å². The van der Waals surface area contributed by atoms with Crippen molar-refractivity contribution < 1.29 is 29.3 Å². The van der Waals surface area contributed by atoms with E-state index in [0.717, 1.165) is 54.5 Å². The number of unbranched alkanes of at least 4 members (excludes halogenated alkanes) is 2. The molecule has 8 nitrogen and oxygen atoms in total. The minimum Gasteiger partial charge on any atom is -0.507 e. The molecule has 2 aromatic rings. The number of carbonyl (C=O) groups is 3. The molecule has 3 heterocycles. The molecule has 45 heavy (non-hydrogen) atoms. The number of carbonyl (C=O) groups excluding carboxylic acids is 2. The quantitative estimate of drug-likeness (QED) is 0.126. The summed E-state index contributed by atoms with van der Waals surface area (Å²) in [6.45, 7) is 8.69. The molecule has 0 spiro atoms. The van der Waals surface area contributed by atoms with Gasteiger partial charge < -0.3 is 20.3 Å². The van der Waals surface area contributed by atoms with E-state index in [4.69, 9.17) is 4.74 Å². The summed E-state index contributed by atoms with van der Waals surface area (Å²) in [6, 6.07) is 6.84. The van der Waals surface area contributed by atoms with Crippen molar-refractivity contribution in [3.63, 3.8) is 0 Å². The lowest BCUT2D eigenvalue weighted by atomic mass is 9.71. The third-order valence-electron chi connectivity index (χ3n) is 9.12. The molecule has 0 radical (unpaired) electrons. The Morgan fingerprint density at radius 2 is 2.02 bits per heavy atom. The number of amides is 2. The number of β-lactam (4-membered cyclic amide) rings is 1. The summed E-state index contributed by atoms with van der Waals surface area (Å²) in [4.78, 5) is 40.5. The lowest BCUT2D eigenvalue weighted by Crippen LogP contribution is -2.70. The molecule has 0 saturated carbocycles. The number of aromatic hydroxyl groups is 1. The van der Waals surface area contributed by atoms with Crippen molar-refractivity contribution in [3.8, 4) is 11.5 Å². The molecule has 10 heteroatoms. The second-order valence-corrected chi connectivity index (χ2v) is 14.9. The van der Waals surface area contributed by atoms with E-state index in [0.29, 0.717) is 28.9 Å². The van der Waals surface area contributed by atoms with Crippen LogP contribution in [0.1, 0.15) is 81.7 Å². The summed E-state index contributed by atoms with van der Waals surface area (Å²) in [5.74, 6) is -0.0409. The van der Waals surface area contributed by atoms with Gasteiger partial charge in [-0.25, -0.2) is 4.79 Å². The Hall–Kier alpha value is -3.24. The van der Waals surface area contributed by atoms with Crippen molar-refractivity contribution in [1.82, 2.24) is 10.2 Å². The molecule has 0 bridgehead atoms. The first kappa shape index (κ1) is 33.1. The Bertz CT molecular complexity index is 1480. The highest BCUT2D eigenvalue weighted by molar-refractivity contribution is 8.00. The Morgan fingerprint density at radius 1 is 1.22 bits per heavy atom. The van der Waals surface area contributed by atoms with Crippen LogP contribution >= 0.6 is 23.1 Å². The Labute approximate surface area is 273 Å². The first-order valence-electron chi connectivity index (χ1n) is 16.0. The largest absolute Gasteiger partial charge is 0.507 e. The molecular weight excluding hydrogens is 609 g/mol. The molecule has 5 rings (SSSR count). The number of thiophene rings is 1. The molecule has 1 saturated heterocycles. The van der Waals surface area contributed by atoms with Gasteiger partial charge in [-0.2, -0.15) is 0 Å². The van der Waals surface area contributed by atoms with E-state index in [2.05, 4.69) is 39.1 Å². The van der Waals surface area contributed by atoms with Gasteiger partial charge in [0.15, 0.2) is 0 Å². The number of aliphatic carboxylic acids is 1. The van der Waals surface area contributed by atoms with Crippen LogP contribution in [0.5, 0.6) is 11.5 Å². The molecule has 3 N–H and O–H groups in total. The van der Waals surface area contributed by atoms with Gasteiger partial charge in [0.25, 0.3) is 5.91 Å². The van der Waals surface area contributed by atoms with Crippen LogP contribution < -0.4 is 10.1 Å². The second-order valence-electron chi connectivity index (χ2n) is 12.7. The van der Waals surface area contributed by atoms with Gasteiger partial charge in [0, 0.05) is 27.7 Å². The highest BCUT2D eigenvalue weighted by Crippen LogP contribution is 2.48. The number of nitrogens with zero attached hydrogens (tertiary/aromatic N) is 1. The summed E-state index contributed by atoms with van der Waals surface area (Å²) >= 11 is 2.90. The summed E-state index contributed by atoms with van der Waals surface area (Å²) in [5.41, 5.74) is 3.44. The number of benzene rings is 1. The van der Waals surface area contributed by atoms with Crippen molar-refractivity contribution >= 4 is 40.9 Å². The molecule has 4 atom stereocenters. The van der Waals surface area contributed by atoms with Gasteiger partial charge in [0.2, 0.25) is 5.91 Å². The Morgan fingerprint density at radius 3 is 2.71 bits per heavy atom. The average molecular weight is 653 g/mol. The van der Waals surface area contributed by atoms with Gasteiger partial charge in [-0.3, -0.25) is 14.5 Å². The van der Waals surface area contributed by atoms with E-state index < -0.39 is 23.3 Å². The van der Waals surface area contributed by atoms with Crippen LogP contribution in [0.4, 0.5) is 0 Å². The first-order valence-corrected chi connectivity index (χ1v) is 17.9. The SMILES string of the molecule is CCCCCc1cc(O)c([C@@H]2C=C(C)CC[C@H]2C(C)C)c(OCC2=C(C(=O)O)N3C(=O)[C@@H](NC(=O)Cc4cccs4)[C@H]3SC2)c1.